The second kappa shape index (κ2) is 6.25. The summed E-state index contributed by atoms with van der Waals surface area (Å²) in [4.78, 5) is 15.2. The Labute approximate surface area is 136 Å². The highest BCUT2D eigenvalue weighted by atomic mass is 79.9. The maximum atomic E-state index is 14.0. The average Bonchev–Trinajstić information content (AvgIpc) is 2.73. The number of rotatable bonds is 4. The Morgan fingerprint density at radius 1 is 1.52 bits per heavy atom. The molecule has 0 saturated heterocycles. The van der Waals surface area contributed by atoms with Gasteiger partial charge in [0.1, 0.15) is 31.4 Å². The van der Waals surface area contributed by atoms with Crippen LogP contribution in [-0.4, -0.2) is 10.9 Å². The number of amides is 1. The molecule has 2 N–H and O–H groups in total. The summed E-state index contributed by atoms with van der Waals surface area (Å²) >= 11 is 10.2. The van der Waals surface area contributed by atoms with E-state index < -0.39 is 29.2 Å². The fraction of sp³-hybridized carbons (Fsp3) is 0.167. The molecular formula is C12H8BrClF2N2O2S. The van der Waals surface area contributed by atoms with Gasteiger partial charge in [-0.15, -0.1) is 11.3 Å². The molecule has 2 rings (SSSR count). The number of halogens is 4. The summed E-state index contributed by atoms with van der Waals surface area (Å²) in [6.07, 6.45) is -0.639. The Morgan fingerprint density at radius 2 is 2.19 bits per heavy atom. The molecule has 21 heavy (non-hydrogen) atoms. The van der Waals surface area contributed by atoms with Gasteiger partial charge in [0.2, 0.25) is 0 Å². The maximum Gasteiger partial charge on any atom is 0.254 e. The second-order valence-corrected chi connectivity index (χ2v) is 6.36. The average molecular weight is 398 g/mol. The van der Waals surface area contributed by atoms with E-state index in [9.17, 15) is 13.6 Å². The SMILES string of the molecule is CC(Oc1ccc(F)c(C(N)=O)c1F)c1nc(Br)c(Cl)s1. The van der Waals surface area contributed by atoms with Crippen molar-refractivity contribution >= 4 is 44.8 Å². The molecule has 0 saturated carbocycles. The van der Waals surface area contributed by atoms with Gasteiger partial charge in [-0.2, -0.15) is 0 Å². The minimum atomic E-state index is -1.21. The Bertz CT molecular complexity index is 691. The Morgan fingerprint density at radius 3 is 2.71 bits per heavy atom. The van der Waals surface area contributed by atoms with Crippen molar-refractivity contribution in [2.24, 2.45) is 5.73 Å². The molecule has 9 heteroatoms. The molecule has 1 aromatic heterocycles. The van der Waals surface area contributed by atoms with Gasteiger partial charge in [0.25, 0.3) is 5.91 Å². The van der Waals surface area contributed by atoms with Crippen molar-refractivity contribution < 1.29 is 18.3 Å². The van der Waals surface area contributed by atoms with E-state index in [-0.39, 0.29) is 5.75 Å². The lowest BCUT2D eigenvalue weighted by molar-refractivity contribution is 0.0990. The second-order valence-electron chi connectivity index (χ2n) is 3.98. The molecule has 0 spiro atoms. The van der Waals surface area contributed by atoms with E-state index in [1.54, 1.807) is 6.92 Å². The number of benzene rings is 1. The molecule has 0 aliphatic rings. The summed E-state index contributed by atoms with van der Waals surface area (Å²) in [6, 6.07) is 1.99. The number of aromatic nitrogens is 1. The smallest absolute Gasteiger partial charge is 0.254 e. The van der Waals surface area contributed by atoms with Gasteiger partial charge in [-0.1, -0.05) is 11.6 Å². The van der Waals surface area contributed by atoms with Crippen LogP contribution < -0.4 is 10.5 Å². The first kappa shape index (κ1) is 16.1. The number of hydrogen-bond donors (Lipinski definition) is 1. The number of hydrogen-bond acceptors (Lipinski definition) is 4. The Balaban J connectivity index is 2.31. The number of nitrogens with zero attached hydrogens (tertiary/aromatic N) is 1. The monoisotopic (exact) mass is 396 g/mol. The van der Waals surface area contributed by atoms with Crippen molar-refractivity contribution in [1.29, 1.82) is 0 Å². The molecule has 0 aliphatic carbocycles. The van der Waals surface area contributed by atoms with Crippen molar-refractivity contribution in [3.8, 4) is 5.75 Å². The molecule has 0 bridgehead atoms. The van der Waals surface area contributed by atoms with Crippen molar-refractivity contribution in [2.45, 2.75) is 13.0 Å². The van der Waals surface area contributed by atoms with Gasteiger partial charge in [-0.25, -0.2) is 13.8 Å². The van der Waals surface area contributed by atoms with Crippen LogP contribution in [0.1, 0.15) is 28.4 Å². The third-order valence-corrected chi connectivity index (χ3v) is 5.00. The number of carbonyl (C=O) groups is 1. The van der Waals surface area contributed by atoms with Crippen molar-refractivity contribution in [2.75, 3.05) is 0 Å². The summed E-state index contributed by atoms with van der Waals surface area (Å²) in [5.74, 6) is -3.68. The molecule has 1 amide bonds. The van der Waals surface area contributed by atoms with Crippen LogP contribution in [0.2, 0.25) is 4.34 Å². The van der Waals surface area contributed by atoms with Gasteiger partial charge in [0.05, 0.1) is 0 Å². The first-order chi connectivity index (χ1) is 9.81. The summed E-state index contributed by atoms with van der Waals surface area (Å²) < 4.78 is 33.6. The lowest BCUT2D eigenvalue weighted by Crippen LogP contribution is -2.16. The normalized spacial score (nSPS) is 12.2. The van der Waals surface area contributed by atoms with Crippen molar-refractivity contribution in [1.82, 2.24) is 4.98 Å². The molecule has 112 valence electrons. The number of carbonyl (C=O) groups excluding carboxylic acids is 1. The number of primary amides is 1. The Hall–Kier alpha value is -1.25. The topological polar surface area (TPSA) is 65.2 Å². The lowest BCUT2D eigenvalue weighted by atomic mass is 10.1. The minimum absolute atomic E-state index is 0.292. The molecule has 1 aromatic carbocycles. The largest absolute Gasteiger partial charge is 0.480 e. The van der Waals surface area contributed by atoms with Gasteiger partial charge in [-0.05, 0) is 35.0 Å². The highest BCUT2D eigenvalue weighted by molar-refractivity contribution is 9.10. The van der Waals surface area contributed by atoms with E-state index in [0.29, 0.717) is 13.9 Å². The van der Waals surface area contributed by atoms with E-state index in [0.717, 1.165) is 23.5 Å². The van der Waals surface area contributed by atoms with E-state index in [1.165, 1.54) is 0 Å². The lowest BCUT2D eigenvalue weighted by Gasteiger charge is -2.14. The van der Waals surface area contributed by atoms with Gasteiger partial charge in [0, 0.05) is 0 Å². The van der Waals surface area contributed by atoms with Crippen LogP contribution in [0.15, 0.2) is 16.7 Å². The van der Waals surface area contributed by atoms with Crippen molar-refractivity contribution in [3.63, 3.8) is 0 Å². The van der Waals surface area contributed by atoms with Gasteiger partial charge >= 0.3 is 0 Å². The van der Waals surface area contributed by atoms with E-state index >= 15 is 0 Å². The predicted molar refractivity (Wildman–Crippen MR) is 78.7 cm³/mol. The molecule has 2 aromatic rings. The van der Waals surface area contributed by atoms with Crippen LogP contribution in [0.4, 0.5) is 8.78 Å². The summed E-state index contributed by atoms with van der Waals surface area (Å²) in [6.45, 7) is 1.62. The summed E-state index contributed by atoms with van der Waals surface area (Å²) in [7, 11) is 0. The summed E-state index contributed by atoms with van der Waals surface area (Å²) in [5, 5.41) is 0.497. The maximum absolute atomic E-state index is 14.0. The minimum Gasteiger partial charge on any atom is -0.480 e. The molecule has 1 heterocycles. The van der Waals surface area contributed by atoms with Gasteiger partial charge in [0.15, 0.2) is 11.6 Å². The van der Waals surface area contributed by atoms with E-state index in [4.69, 9.17) is 22.1 Å². The molecular weight excluding hydrogens is 390 g/mol. The third-order valence-electron chi connectivity index (χ3n) is 2.52. The number of nitrogens with two attached hydrogens (primary N) is 1. The Kier molecular flexibility index (Phi) is 4.80. The fourth-order valence-corrected chi connectivity index (χ4v) is 3.06. The molecule has 1 unspecified atom stereocenters. The van der Waals surface area contributed by atoms with Gasteiger partial charge in [-0.3, -0.25) is 4.79 Å². The first-order valence-corrected chi connectivity index (χ1v) is 7.56. The highest BCUT2D eigenvalue weighted by Crippen LogP contribution is 2.34. The quantitative estimate of drug-likeness (QED) is 0.845. The van der Waals surface area contributed by atoms with E-state index in [1.807, 2.05) is 0 Å². The third kappa shape index (κ3) is 3.33. The number of thiazole rings is 1. The van der Waals surface area contributed by atoms with Crippen LogP contribution in [0, 0.1) is 11.6 Å². The molecule has 0 fully saturated rings. The van der Waals surface area contributed by atoms with Gasteiger partial charge < -0.3 is 10.5 Å². The molecule has 1 atom stereocenters. The van der Waals surface area contributed by atoms with E-state index in [2.05, 4.69) is 20.9 Å². The first-order valence-electron chi connectivity index (χ1n) is 5.57. The molecule has 0 radical (unpaired) electrons. The molecule has 4 nitrogen and oxygen atoms in total. The van der Waals surface area contributed by atoms with Crippen LogP contribution in [-0.2, 0) is 0 Å². The number of ether oxygens (including phenoxy) is 1. The standard InChI is InChI=1S/C12H8BrClF2N2O2S/c1-4(12-18-9(13)10(14)21-12)20-6-3-2-5(15)7(8(6)16)11(17)19/h2-4H,1H3,(H2,17,19). The van der Waals surface area contributed by atoms with Crippen molar-refractivity contribution in [3.05, 3.63) is 43.3 Å². The predicted octanol–water partition coefficient (Wildman–Crippen LogP) is 4.08. The van der Waals surface area contributed by atoms with Crippen LogP contribution in [0.25, 0.3) is 0 Å². The highest BCUT2D eigenvalue weighted by Gasteiger charge is 2.22. The zero-order chi connectivity index (χ0) is 15.7. The summed E-state index contributed by atoms with van der Waals surface area (Å²) in [5.41, 5.74) is 4.11. The molecule has 0 aliphatic heterocycles. The van der Waals surface area contributed by atoms with Crippen LogP contribution in [0.5, 0.6) is 5.75 Å². The zero-order valence-corrected chi connectivity index (χ0v) is 13.7. The van der Waals surface area contributed by atoms with Crippen LogP contribution in [0.3, 0.4) is 0 Å². The van der Waals surface area contributed by atoms with Crippen LogP contribution >= 0.6 is 38.9 Å². The zero-order valence-electron chi connectivity index (χ0n) is 10.5. The fourth-order valence-electron chi connectivity index (χ4n) is 1.56.